The summed E-state index contributed by atoms with van der Waals surface area (Å²) < 4.78 is 10.7. The number of carbonyl (C=O) groups excluding carboxylic acids is 2. The lowest BCUT2D eigenvalue weighted by atomic mass is 9.97. The lowest BCUT2D eigenvalue weighted by Gasteiger charge is -2.14. The molecule has 7 nitrogen and oxygen atoms in total. The second-order valence-corrected chi connectivity index (χ2v) is 6.95. The number of nitrogens with zero attached hydrogens (tertiary/aromatic N) is 1. The molecule has 0 aliphatic rings. The Morgan fingerprint density at radius 3 is 2.23 bits per heavy atom. The summed E-state index contributed by atoms with van der Waals surface area (Å²) >= 11 is 0. The van der Waals surface area contributed by atoms with Gasteiger partial charge in [0.2, 0.25) is 0 Å². The van der Waals surface area contributed by atoms with E-state index in [2.05, 4.69) is 4.99 Å². The number of carbonyl (C=O) groups is 2. The van der Waals surface area contributed by atoms with E-state index in [0.717, 1.165) is 18.4 Å². The highest BCUT2D eigenvalue weighted by Gasteiger charge is 2.20. The van der Waals surface area contributed by atoms with Crippen LogP contribution in [0.3, 0.4) is 0 Å². The summed E-state index contributed by atoms with van der Waals surface area (Å²) in [5.41, 5.74) is 12.8. The maximum atomic E-state index is 12.6. The SMILES string of the molecule is CCCCOC(=O)c1ccc(OC(=O)C(CC)Cc2ccc(N=C(N)N)cc2)cc1. The Morgan fingerprint density at radius 2 is 1.67 bits per heavy atom. The Kier molecular flexibility index (Phi) is 8.87. The van der Waals surface area contributed by atoms with Gasteiger partial charge in [-0.3, -0.25) is 4.79 Å². The molecule has 0 aliphatic carbocycles. The van der Waals surface area contributed by atoms with Crippen LogP contribution in [0.1, 0.15) is 49.0 Å². The van der Waals surface area contributed by atoms with Crippen LogP contribution >= 0.6 is 0 Å². The number of nitrogens with two attached hydrogens (primary N) is 2. The first-order chi connectivity index (χ1) is 14.4. The molecule has 7 heteroatoms. The molecule has 0 saturated heterocycles. The molecule has 160 valence electrons. The van der Waals surface area contributed by atoms with Crippen molar-refractivity contribution < 1.29 is 19.1 Å². The number of rotatable bonds is 10. The van der Waals surface area contributed by atoms with Crippen molar-refractivity contribution in [3.8, 4) is 5.75 Å². The normalized spacial score (nSPS) is 11.4. The third kappa shape index (κ3) is 7.24. The molecule has 0 aliphatic heterocycles. The van der Waals surface area contributed by atoms with Gasteiger partial charge in [0.1, 0.15) is 5.75 Å². The third-order valence-electron chi connectivity index (χ3n) is 4.54. The van der Waals surface area contributed by atoms with Crippen molar-refractivity contribution in [1.82, 2.24) is 0 Å². The fourth-order valence-corrected chi connectivity index (χ4v) is 2.79. The minimum atomic E-state index is -0.378. The van der Waals surface area contributed by atoms with Crippen molar-refractivity contribution in [3.63, 3.8) is 0 Å². The van der Waals surface area contributed by atoms with E-state index in [9.17, 15) is 9.59 Å². The van der Waals surface area contributed by atoms with Gasteiger partial charge < -0.3 is 20.9 Å². The van der Waals surface area contributed by atoms with Crippen LogP contribution in [0, 0.1) is 5.92 Å². The molecule has 0 heterocycles. The van der Waals surface area contributed by atoms with Crippen LogP contribution in [0.15, 0.2) is 53.5 Å². The maximum absolute atomic E-state index is 12.6. The van der Waals surface area contributed by atoms with Crippen LogP contribution in [0.5, 0.6) is 5.75 Å². The van der Waals surface area contributed by atoms with E-state index >= 15 is 0 Å². The molecule has 1 atom stereocenters. The van der Waals surface area contributed by atoms with Gasteiger partial charge in [0.15, 0.2) is 5.96 Å². The Morgan fingerprint density at radius 1 is 1.00 bits per heavy atom. The lowest BCUT2D eigenvalue weighted by Crippen LogP contribution is -2.22. The molecule has 0 spiro atoms. The molecular weight excluding hydrogens is 382 g/mol. The van der Waals surface area contributed by atoms with Crippen molar-refractivity contribution in [2.24, 2.45) is 22.4 Å². The van der Waals surface area contributed by atoms with Gasteiger partial charge in [-0.15, -0.1) is 0 Å². The van der Waals surface area contributed by atoms with Gasteiger partial charge in [0, 0.05) is 0 Å². The highest BCUT2D eigenvalue weighted by Crippen LogP contribution is 2.20. The molecule has 4 N–H and O–H groups in total. The predicted molar refractivity (Wildman–Crippen MR) is 117 cm³/mol. The summed E-state index contributed by atoms with van der Waals surface area (Å²) in [6, 6.07) is 13.8. The molecular formula is C23H29N3O4. The first-order valence-corrected chi connectivity index (χ1v) is 10.1. The highest BCUT2D eigenvalue weighted by atomic mass is 16.5. The fourth-order valence-electron chi connectivity index (χ4n) is 2.79. The van der Waals surface area contributed by atoms with E-state index in [4.69, 9.17) is 20.9 Å². The molecule has 2 rings (SSSR count). The van der Waals surface area contributed by atoms with Crippen LogP contribution in [0.2, 0.25) is 0 Å². The zero-order valence-corrected chi connectivity index (χ0v) is 17.5. The number of guanidine groups is 1. The minimum absolute atomic E-state index is 0.00185. The summed E-state index contributed by atoms with van der Waals surface area (Å²) in [5.74, 6) is -0.594. The first kappa shape index (κ1) is 22.9. The molecule has 1 unspecified atom stereocenters. The fraction of sp³-hybridized carbons (Fsp3) is 0.348. The summed E-state index contributed by atoms with van der Waals surface area (Å²) in [6.07, 6.45) is 2.97. The second-order valence-electron chi connectivity index (χ2n) is 6.95. The van der Waals surface area contributed by atoms with Gasteiger partial charge in [0.05, 0.1) is 23.8 Å². The van der Waals surface area contributed by atoms with Gasteiger partial charge in [-0.25, -0.2) is 9.79 Å². The maximum Gasteiger partial charge on any atom is 0.338 e. The van der Waals surface area contributed by atoms with Gasteiger partial charge in [-0.05, 0) is 61.2 Å². The monoisotopic (exact) mass is 411 g/mol. The molecule has 0 radical (unpaired) electrons. The average Bonchev–Trinajstić information content (AvgIpc) is 2.73. The van der Waals surface area contributed by atoms with E-state index in [1.54, 1.807) is 36.4 Å². The largest absolute Gasteiger partial charge is 0.462 e. The van der Waals surface area contributed by atoms with Gasteiger partial charge in [-0.1, -0.05) is 32.4 Å². The Labute approximate surface area is 177 Å². The molecule has 30 heavy (non-hydrogen) atoms. The van der Waals surface area contributed by atoms with Crippen molar-refractivity contribution in [2.75, 3.05) is 6.61 Å². The standard InChI is InChI=1S/C23H29N3O4/c1-3-5-14-29-21(27)18-8-12-20(13-9-18)30-22(28)17(4-2)15-16-6-10-19(11-7-16)26-23(24)25/h6-13,17H,3-5,14-15H2,1-2H3,(H4,24,25,26). The number of ether oxygens (including phenoxy) is 2. The zero-order valence-electron chi connectivity index (χ0n) is 17.5. The molecule has 2 aromatic rings. The molecule has 0 saturated carbocycles. The molecule has 0 fully saturated rings. The molecule has 0 amide bonds. The molecule has 0 bridgehead atoms. The minimum Gasteiger partial charge on any atom is -0.462 e. The first-order valence-electron chi connectivity index (χ1n) is 10.1. The predicted octanol–water partition coefficient (Wildman–Crippen LogP) is 3.72. The van der Waals surface area contributed by atoms with Crippen molar-refractivity contribution in [3.05, 3.63) is 59.7 Å². The Bertz CT molecular complexity index is 857. The van der Waals surface area contributed by atoms with Crippen molar-refractivity contribution in [2.45, 2.75) is 39.5 Å². The summed E-state index contributed by atoms with van der Waals surface area (Å²) in [7, 11) is 0. The summed E-state index contributed by atoms with van der Waals surface area (Å²) in [5, 5.41) is 0. The van der Waals surface area contributed by atoms with E-state index in [0.29, 0.717) is 36.4 Å². The average molecular weight is 412 g/mol. The van der Waals surface area contributed by atoms with Gasteiger partial charge >= 0.3 is 11.9 Å². The van der Waals surface area contributed by atoms with E-state index in [1.807, 2.05) is 26.0 Å². The van der Waals surface area contributed by atoms with Gasteiger partial charge in [0.25, 0.3) is 0 Å². The van der Waals surface area contributed by atoms with Crippen LogP contribution in [0.4, 0.5) is 5.69 Å². The number of aliphatic imine (C=N–C) groups is 1. The van der Waals surface area contributed by atoms with Gasteiger partial charge in [-0.2, -0.15) is 0 Å². The number of esters is 2. The zero-order chi connectivity index (χ0) is 21.9. The van der Waals surface area contributed by atoms with Crippen LogP contribution in [-0.4, -0.2) is 24.5 Å². The number of hydrogen-bond donors (Lipinski definition) is 2. The second kappa shape index (κ2) is 11.6. The Balaban J connectivity index is 1.94. The van der Waals surface area contributed by atoms with Crippen molar-refractivity contribution >= 4 is 23.6 Å². The van der Waals surface area contributed by atoms with E-state index in [-0.39, 0.29) is 23.8 Å². The van der Waals surface area contributed by atoms with Crippen LogP contribution in [0.25, 0.3) is 0 Å². The summed E-state index contributed by atoms with van der Waals surface area (Å²) in [4.78, 5) is 28.5. The van der Waals surface area contributed by atoms with E-state index in [1.165, 1.54) is 0 Å². The number of benzene rings is 2. The van der Waals surface area contributed by atoms with Crippen LogP contribution < -0.4 is 16.2 Å². The smallest absolute Gasteiger partial charge is 0.338 e. The third-order valence-corrected chi connectivity index (χ3v) is 4.54. The topological polar surface area (TPSA) is 117 Å². The quantitative estimate of drug-likeness (QED) is 0.202. The van der Waals surface area contributed by atoms with Crippen LogP contribution in [-0.2, 0) is 16.0 Å². The number of unbranched alkanes of at least 4 members (excludes halogenated alkanes) is 1. The van der Waals surface area contributed by atoms with E-state index < -0.39 is 0 Å². The molecule has 0 aromatic heterocycles. The Hall–Kier alpha value is -3.35. The summed E-state index contributed by atoms with van der Waals surface area (Å²) in [6.45, 7) is 4.37. The molecule has 2 aromatic carbocycles. The van der Waals surface area contributed by atoms with Crippen molar-refractivity contribution in [1.29, 1.82) is 0 Å². The lowest BCUT2D eigenvalue weighted by molar-refractivity contribution is -0.139. The number of hydrogen-bond acceptors (Lipinski definition) is 5. The highest BCUT2D eigenvalue weighted by molar-refractivity contribution is 5.89.